The summed E-state index contributed by atoms with van der Waals surface area (Å²) >= 11 is 0. The van der Waals surface area contributed by atoms with E-state index in [9.17, 15) is 4.79 Å². The summed E-state index contributed by atoms with van der Waals surface area (Å²) in [7, 11) is 0. The fourth-order valence-corrected chi connectivity index (χ4v) is 3.20. The van der Waals surface area contributed by atoms with Crippen LogP contribution in [0.15, 0.2) is 42.7 Å². The maximum Gasteiger partial charge on any atom is 0.252 e. The fraction of sp³-hybridized carbons (Fsp3) is 0.111. The molecule has 5 heteroatoms. The number of nitrogens with one attached hydrogen (secondary N) is 2. The predicted octanol–water partition coefficient (Wildman–Crippen LogP) is 2.88. The number of fused-ring (bicyclic) bond motifs is 1. The molecule has 1 aromatic heterocycles. The van der Waals surface area contributed by atoms with Crippen LogP contribution in [-0.4, -0.2) is 15.9 Å². The molecule has 114 valence electrons. The van der Waals surface area contributed by atoms with Crippen molar-refractivity contribution >= 4 is 11.6 Å². The molecule has 4 N–H and O–H groups in total. The van der Waals surface area contributed by atoms with Gasteiger partial charge < -0.3 is 16.0 Å². The molecule has 0 radical (unpaired) electrons. The number of amides is 1. The molecule has 0 unspecified atom stereocenters. The van der Waals surface area contributed by atoms with Crippen LogP contribution >= 0.6 is 0 Å². The molecule has 0 spiro atoms. The molecule has 5 nitrogen and oxygen atoms in total. The summed E-state index contributed by atoms with van der Waals surface area (Å²) in [6.07, 6.45) is 3.44. The van der Waals surface area contributed by atoms with Crippen molar-refractivity contribution in [1.29, 1.82) is 0 Å². The standard InChI is InChI=1S/C18H16N4O/c1-10-8-11(19)2-3-12(10)13-4-5-14(17-20-6-7-21-17)16-15(13)9-22-18(16)23/h2-8H,9,19H2,1H3,(H,20,21)(H,22,23). The van der Waals surface area contributed by atoms with E-state index in [0.717, 1.165) is 33.5 Å². The first-order valence-electron chi connectivity index (χ1n) is 7.45. The average molecular weight is 304 g/mol. The number of aromatic amines is 1. The molecule has 0 saturated carbocycles. The van der Waals surface area contributed by atoms with E-state index in [-0.39, 0.29) is 5.91 Å². The molecule has 2 aromatic carbocycles. The minimum absolute atomic E-state index is 0.0543. The largest absolute Gasteiger partial charge is 0.399 e. The van der Waals surface area contributed by atoms with Crippen molar-refractivity contribution < 1.29 is 4.79 Å². The van der Waals surface area contributed by atoms with Crippen LogP contribution in [0.3, 0.4) is 0 Å². The van der Waals surface area contributed by atoms with E-state index in [0.29, 0.717) is 17.9 Å². The van der Waals surface area contributed by atoms with E-state index in [1.807, 2.05) is 31.2 Å². The van der Waals surface area contributed by atoms with Gasteiger partial charge in [0.2, 0.25) is 0 Å². The van der Waals surface area contributed by atoms with Gasteiger partial charge in [0.1, 0.15) is 5.82 Å². The van der Waals surface area contributed by atoms with Crippen molar-refractivity contribution in [2.75, 3.05) is 5.73 Å². The molecule has 0 atom stereocenters. The van der Waals surface area contributed by atoms with Crippen LogP contribution in [0.2, 0.25) is 0 Å². The van der Waals surface area contributed by atoms with Gasteiger partial charge in [-0.1, -0.05) is 12.1 Å². The lowest BCUT2D eigenvalue weighted by Gasteiger charge is -2.13. The summed E-state index contributed by atoms with van der Waals surface area (Å²) in [5.74, 6) is 0.653. The summed E-state index contributed by atoms with van der Waals surface area (Å²) in [4.78, 5) is 19.7. The Morgan fingerprint density at radius 2 is 1.91 bits per heavy atom. The number of imidazole rings is 1. The lowest BCUT2D eigenvalue weighted by atomic mass is 9.91. The predicted molar refractivity (Wildman–Crippen MR) is 89.8 cm³/mol. The van der Waals surface area contributed by atoms with Gasteiger partial charge in [-0.15, -0.1) is 0 Å². The van der Waals surface area contributed by atoms with Crippen LogP contribution in [0.1, 0.15) is 21.5 Å². The average Bonchev–Trinajstić information content (AvgIpc) is 3.18. The number of nitrogen functional groups attached to an aromatic ring is 1. The summed E-state index contributed by atoms with van der Waals surface area (Å²) in [6, 6.07) is 9.85. The van der Waals surface area contributed by atoms with Gasteiger partial charge in [-0.05, 0) is 47.4 Å². The number of aryl methyl sites for hydroxylation is 1. The van der Waals surface area contributed by atoms with Crippen LogP contribution in [0.5, 0.6) is 0 Å². The maximum absolute atomic E-state index is 12.3. The lowest BCUT2D eigenvalue weighted by Crippen LogP contribution is -2.13. The topological polar surface area (TPSA) is 83.8 Å². The van der Waals surface area contributed by atoms with E-state index >= 15 is 0 Å². The molecule has 1 aliphatic heterocycles. The van der Waals surface area contributed by atoms with Crippen LogP contribution in [0, 0.1) is 6.92 Å². The van der Waals surface area contributed by atoms with Crippen LogP contribution in [0.4, 0.5) is 5.69 Å². The minimum Gasteiger partial charge on any atom is -0.399 e. The normalized spacial score (nSPS) is 13.0. The minimum atomic E-state index is -0.0543. The second-order valence-corrected chi connectivity index (χ2v) is 5.71. The van der Waals surface area contributed by atoms with E-state index in [1.165, 1.54) is 0 Å². The van der Waals surface area contributed by atoms with Crippen LogP contribution < -0.4 is 11.1 Å². The second kappa shape index (κ2) is 4.98. The first-order chi connectivity index (χ1) is 11.1. The van der Waals surface area contributed by atoms with E-state index in [2.05, 4.69) is 21.4 Å². The van der Waals surface area contributed by atoms with Crippen molar-refractivity contribution in [2.24, 2.45) is 0 Å². The molecule has 0 bridgehead atoms. The first-order valence-corrected chi connectivity index (χ1v) is 7.45. The zero-order valence-corrected chi connectivity index (χ0v) is 12.7. The molecular formula is C18H16N4O. The van der Waals surface area contributed by atoms with Crippen molar-refractivity contribution in [3.05, 3.63) is 59.4 Å². The van der Waals surface area contributed by atoms with Gasteiger partial charge in [-0.25, -0.2) is 4.98 Å². The summed E-state index contributed by atoms with van der Waals surface area (Å²) in [6.45, 7) is 2.56. The van der Waals surface area contributed by atoms with Crippen LogP contribution in [-0.2, 0) is 6.54 Å². The highest BCUT2D eigenvalue weighted by Crippen LogP contribution is 2.36. The number of benzene rings is 2. The van der Waals surface area contributed by atoms with Crippen molar-refractivity contribution in [1.82, 2.24) is 15.3 Å². The Kier molecular flexibility index (Phi) is 2.94. The highest BCUT2D eigenvalue weighted by Gasteiger charge is 2.27. The highest BCUT2D eigenvalue weighted by atomic mass is 16.1. The SMILES string of the molecule is Cc1cc(N)ccc1-c1ccc(-c2ncc[nH]2)c2c1CNC2=O. The van der Waals surface area contributed by atoms with E-state index in [1.54, 1.807) is 12.4 Å². The molecule has 0 aliphatic carbocycles. The van der Waals surface area contributed by atoms with Gasteiger partial charge in [-0.2, -0.15) is 0 Å². The Morgan fingerprint density at radius 3 is 2.65 bits per heavy atom. The Morgan fingerprint density at radius 1 is 1.13 bits per heavy atom. The number of rotatable bonds is 2. The molecule has 1 aliphatic rings. The Balaban J connectivity index is 1.96. The van der Waals surface area contributed by atoms with Gasteiger partial charge in [0.25, 0.3) is 5.91 Å². The molecular weight excluding hydrogens is 288 g/mol. The Labute approximate surface area is 133 Å². The van der Waals surface area contributed by atoms with E-state index < -0.39 is 0 Å². The Bertz CT molecular complexity index is 913. The van der Waals surface area contributed by atoms with Gasteiger partial charge >= 0.3 is 0 Å². The number of aromatic nitrogens is 2. The number of anilines is 1. The molecule has 3 aromatic rings. The number of H-pyrrole nitrogens is 1. The molecule has 4 rings (SSSR count). The fourth-order valence-electron chi connectivity index (χ4n) is 3.20. The van der Waals surface area contributed by atoms with Gasteiger partial charge in [0.15, 0.2) is 0 Å². The lowest BCUT2D eigenvalue weighted by molar-refractivity contribution is 0.0966. The third kappa shape index (κ3) is 2.09. The van der Waals surface area contributed by atoms with Gasteiger partial charge in [0, 0.05) is 30.2 Å². The summed E-state index contributed by atoms with van der Waals surface area (Å²) in [5.41, 5.74) is 12.4. The third-order valence-electron chi connectivity index (χ3n) is 4.26. The summed E-state index contributed by atoms with van der Waals surface area (Å²) < 4.78 is 0. The molecule has 0 fully saturated rings. The smallest absolute Gasteiger partial charge is 0.252 e. The number of hydrogen-bond donors (Lipinski definition) is 3. The molecule has 23 heavy (non-hydrogen) atoms. The quantitative estimate of drug-likeness (QED) is 0.636. The highest BCUT2D eigenvalue weighted by molar-refractivity contribution is 6.06. The molecule has 0 saturated heterocycles. The number of nitrogens with two attached hydrogens (primary N) is 1. The third-order valence-corrected chi connectivity index (χ3v) is 4.26. The number of hydrogen-bond acceptors (Lipinski definition) is 3. The molecule has 2 heterocycles. The summed E-state index contributed by atoms with van der Waals surface area (Å²) in [5, 5.41) is 2.92. The number of carbonyl (C=O) groups is 1. The van der Waals surface area contributed by atoms with Gasteiger partial charge in [-0.3, -0.25) is 4.79 Å². The number of nitrogens with zero attached hydrogens (tertiary/aromatic N) is 1. The monoisotopic (exact) mass is 304 g/mol. The Hall–Kier alpha value is -3.08. The number of carbonyl (C=O) groups excluding carboxylic acids is 1. The van der Waals surface area contributed by atoms with Crippen LogP contribution in [0.25, 0.3) is 22.5 Å². The first kappa shape index (κ1) is 13.6. The molecule has 1 amide bonds. The zero-order valence-electron chi connectivity index (χ0n) is 12.7. The maximum atomic E-state index is 12.3. The van der Waals surface area contributed by atoms with Gasteiger partial charge in [0.05, 0.1) is 5.56 Å². The van der Waals surface area contributed by atoms with E-state index in [4.69, 9.17) is 5.73 Å². The van der Waals surface area contributed by atoms with Crippen molar-refractivity contribution in [3.8, 4) is 22.5 Å². The van der Waals surface area contributed by atoms with Crippen molar-refractivity contribution in [3.63, 3.8) is 0 Å². The second-order valence-electron chi connectivity index (χ2n) is 5.71. The zero-order chi connectivity index (χ0) is 16.0. The van der Waals surface area contributed by atoms with Crippen molar-refractivity contribution in [2.45, 2.75) is 13.5 Å².